The number of halogens is 1. The molecule has 3 heterocycles. The number of benzene rings is 3. The van der Waals surface area contributed by atoms with E-state index >= 15 is 0 Å². The van der Waals surface area contributed by atoms with Crippen LogP contribution in [0.1, 0.15) is 20.7 Å². The van der Waals surface area contributed by atoms with Crippen LogP contribution in [0.3, 0.4) is 0 Å². The summed E-state index contributed by atoms with van der Waals surface area (Å²) in [4.78, 5) is 38.7. The van der Waals surface area contributed by atoms with Crippen molar-refractivity contribution in [2.75, 3.05) is 18.2 Å². The topological polar surface area (TPSA) is 125 Å². The Morgan fingerprint density at radius 3 is 2.36 bits per heavy atom. The van der Waals surface area contributed by atoms with Gasteiger partial charge in [0, 0.05) is 23.1 Å². The third-order valence-electron chi connectivity index (χ3n) is 6.69. The molecule has 9 nitrogen and oxygen atoms in total. The molecule has 0 unspecified atom stereocenters. The largest absolute Gasteiger partial charge is 0.465 e. The van der Waals surface area contributed by atoms with Crippen LogP contribution in [-0.2, 0) is 4.74 Å². The molecule has 0 spiro atoms. The fourth-order valence-electron chi connectivity index (χ4n) is 4.63. The van der Waals surface area contributed by atoms with Crippen LogP contribution in [0, 0.1) is 5.82 Å². The molecule has 0 aliphatic heterocycles. The number of nitrogens with one attached hydrogen (secondary N) is 1. The van der Waals surface area contributed by atoms with Crippen molar-refractivity contribution in [1.29, 1.82) is 0 Å². The number of methoxy groups -OCH3 is 1. The van der Waals surface area contributed by atoms with Crippen molar-refractivity contribution in [1.82, 2.24) is 19.5 Å². The van der Waals surface area contributed by atoms with Crippen LogP contribution in [0.2, 0.25) is 0 Å². The molecule has 0 saturated heterocycles. The Labute approximate surface area is 239 Å². The fourth-order valence-corrected chi connectivity index (χ4v) is 4.63. The van der Waals surface area contributed by atoms with Crippen LogP contribution in [0.4, 0.5) is 15.9 Å². The summed E-state index contributed by atoms with van der Waals surface area (Å²) in [6.45, 7) is 0. The lowest BCUT2D eigenvalue weighted by Gasteiger charge is -2.12. The van der Waals surface area contributed by atoms with Crippen LogP contribution in [0.15, 0.2) is 103 Å². The second kappa shape index (κ2) is 10.9. The summed E-state index contributed by atoms with van der Waals surface area (Å²) in [5.74, 6) is -1.67. The van der Waals surface area contributed by atoms with Crippen molar-refractivity contribution in [3.8, 4) is 28.3 Å². The van der Waals surface area contributed by atoms with E-state index in [4.69, 9.17) is 15.7 Å². The number of imidazole rings is 1. The van der Waals surface area contributed by atoms with Crippen molar-refractivity contribution in [3.05, 3.63) is 120 Å². The van der Waals surface area contributed by atoms with Crippen LogP contribution >= 0.6 is 0 Å². The van der Waals surface area contributed by atoms with E-state index < -0.39 is 17.7 Å². The molecule has 0 saturated carbocycles. The molecule has 3 aromatic heterocycles. The zero-order valence-corrected chi connectivity index (χ0v) is 22.3. The summed E-state index contributed by atoms with van der Waals surface area (Å²) in [6, 6.07) is 28.1. The first-order chi connectivity index (χ1) is 20.4. The van der Waals surface area contributed by atoms with Gasteiger partial charge in [-0.1, -0.05) is 36.4 Å². The highest BCUT2D eigenvalue weighted by atomic mass is 19.1. The first-order valence-electron chi connectivity index (χ1n) is 12.9. The Kier molecular flexibility index (Phi) is 6.85. The number of hydrogen-bond acceptors (Lipinski definition) is 7. The normalized spacial score (nSPS) is 10.9. The number of esters is 1. The molecule has 0 fully saturated rings. The van der Waals surface area contributed by atoms with Gasteiger partial charge in [0.2, 0.25) is 0 Å². The summed E-state index contributed by atoms with van der Waals surface area (Å²) in [6.07, 6.45) is 1.61. The highest BCUT2D eigenvalue weighted by Crippen LogP contribution is 2.32. The average Bonchev–Trinajstić information content (AvgIpc) is 3.40. The molecule has 0 aliphatic carbocycles. The van der Waals surface area contributed by atoms with Gasteiger partial charge in [-0.05, 0) is 60.7 Å². The van der Waals surface area contributed by atoms with Gasteiger partial charge in [-0.2, -0.15) is 0 Å². The second-order valence-electron chi connectivity index (χ2n) is 9.27. The number of ether oxygens (including phenoxy) is 1. The Morgan fingerprint density at radius 1 is 0.857 bits per heavy atom. The molecule has 3 N–H and O–H groups in total. The molecule has 6 rings (SSSR count). The number of amides is 1. The van der Waals surface area contributed by atoms with Gasteiger partial charge in [-0.25, -0.2) is 24.1 Å². The first-order valence-corrected chi connectivity index (χ1v) is 12.9. The smallest absolute Gasteiger partial charge is 0.340 e. The minimum absolute atomic E-state index is 0.283. The number of carbonyl (C=O) groups is 2. The molecular weight excluding hydrogens is 535 g/mol. The van der Waals surface area contributed by atoms with E-state index in [0.717, 1.165) is 18.4 Å². The maximum atomic E-state index is 14.9. The quantitative estimate of drug-likeness (QED) is 0.244. The van der Waals surface area contributed by atoms with Crippen molar-refractivity contribution >= 4 is 34.5 Å². The van der Waals surface area contributed by atoms with Crippen molar-refractivity contribution in [2.45, 2.75) is 0 Å². The number of rotatable bonds is 6. The Hall–Kier alpha value is -5.90. The van der Waals surface area contributed by atoms with Gasteiger partial charge in [0.15, 0.2) is 11.5 Å². The maximum Gasteiger partial charge on any atom is 0.340 e. The minimum atomic E-state index is -0.956. The van der Waals surface area contributed by atoms with Crippen LogP contribution in [-0.4, -0.2) is 38.5 Å². The SMILES string of the molecule is COC(=O)c1cccc(C(=O)Nc2ccc(-n3c(-c4cccnc4N)nc4ccc(-c5ccccc5)nc43)cc2)c1F. The summed E-state index contributed by atoms with van der Waals surface area (Å²) in [5.41, 5.74) is 10.4. The number of nitrogen functional groups attached to an aromatic ring is 1. The van der Waals surface area contributed by atoms with Gasteiger partial charge < -0.3 is 15.8 Å². The summed E-state index contributed by atoms with van der Waals surface area (Å²) < 4.78 is 21.3. The lowest BCUT2D eigenvalue weighted by molar-refractivity contribution is 0.0595. The fraction of sp³-hybridized carbons (Fsp3) is 0.0312. The number of anilines is 2. The number of aromatic nitrogens is 4. The molecule has 206 valence electrons. The summed E-state index contributed by atoms with van der Waals surface area (Å²) in [7, 11) is 1.14. The van der Waals surface area contributed by atoms with Crippen molar-refractivity contribution in [3.63, 3.8) is 0 Å². The van der Waals surface area contributed by atoms with Gasteiger partial charge >= 0.3 is 5.97 Å². The average molecular weight is 559 g/mol. The maximum absolute atomic E-state index is 14.9. The molecule has 0 aliphatic rings. The molecule has 10 heteroatoms. The number of fused-ring (bicyclic) bond motifs is 1. The predicted octanol–water partition coefficient (Wildman–Crippen LogP) is 5.91. The van der Waals surface area contributed by atoms with Crippen molar-refractivity contribution < 1.29 is 18.7 Å². The number of nitrogens with two attached hydrogens (primary N) is 1. The highest BCUT2D eigenvalue weighted by Gasteiger charge is 2.21. The van der Waals surface area contributed by atoms with Crippen LogP contribution < -0.4 is 11.1 Å². The molecule has 42 heavy (non-hydrogen) atoms. The Morgan fingerprint density at radius 2 is 1.62 bits per heavy atom. The molecular formula is C32H23FN6O3. The van der Waals surface area contributed by atoms with Crippen molar-refractivity contribution in [2.24, 2.45) is 0 Å². The Bertz CT molecular complexity index is 1960. The third-order valence-corrected chi connectivity index (χ3v) is 6.69. The minimum Gasteiger partial charge on any atom is -0.465 e. The van der Waals surface area contributed by atoms with Gasteiger partial charge in [0.25, 0.3) is 5.91 Å². The van der Waals surface area contributed by atoms with E-state index in [1.165, 1.54) is 18.2 Å². The molecule has 6 aromatic rings. The number of nitrogens with zero attached hydrogens (tertiary/aromatic N) is 4. The predicted molar refractivity (Wildman–Crippen MR) is 158 cm³/mol. The summed E-state index contributed by atoms with van der Waals surface area (Å²) >= 11 is 0. The van der Waals surface area contributed by atoms with Gasteiger partial charge in [-0.3, -0.25) is 9.36 Å². The van der Waals surface area contributed by atoms with Gasteiger partial charge in [-0.15, -0.1) is 0 Å². The molecule has 1 amide bonds. The molecule has 0 bridgehead atoms. The van der Waals surface area contributed by atoms with E-state index in [2.05, 4.69) is 15.0 Å². The zero-order chi connectivity index (χ0) is 29.2. The zero-order valence-electron chi connectivity index (χ0n) is 22.3. The molecule has 3 aromatic carbocycles. The summed E-state index contributed by atoms with van der Waals surface area (Å²) in [5, 5.41) is 2.68. The van der Waals surface area contributed by atoms with Gasteiger partial charge in [0.05, 0.1) is 29.5 Å². The number of carbonyl (C=O) groups excluding carboxylic acids is 2. The number of pyridine rings is 2. The highest BCUT2D eigenvalue weighted by molar-refractivity contribution is 6.06. The molecule has 0 atom stereocenters. The first kappa shape index (κ1) is 26.3. The lowest BCUT2D eigenvalue weighted by atomic mass is 10.1. The molecule has 0 radical (unpaired) electrons. The van der Waals surface area contributed by atoms with E-state index in [1.807, 2.05) is 53.1 Å². The van der Waals surface area contributed by atoms with E-state index in [0.29, 0.717) is 39.7 Å². The lowest BCUT2D eigenvalue weighted by Crippen LogP contribution is -2.16. The van der Waals surface area contributed by atoms with E-state index in [1.54, 1.807) is 36.5 Å². The van der Waals surface area contributed by atoms with Crippen LogP contribution in [0.5, 0.6) is 0 Å². The van der Waals surface area contributed by atoms with Crippen LogP contribution in [0.25, 0.3) is 39.5 Å². The Balaban J connectivity index is 1.40. The van der Waals surface area contributed by atoms with Gasteiger partial charge in [0.1, 0.15) is 17.2 Å². The number of hydrogen-bond donors (Lipinski definition) is 2. The monoisotopic (exact) mass is 558 g/mol. The standard InChI is InChI=1S/C32H23FN6O3/c1-42-32(41)23-10-5-9-22(27(23)33)31(40)36-20-12-14-21(15-13-20)39-29(24-11-6-18-35-28(24)34)38-26-17-16-25(37-30(26)39)19-7-3-2-4-8-19/h2-18H,1H3,(H2,34,35)(H,36,40). The third kappa shape index (κ3) is 4.81. The van der Waals surface area contributed by atoms with E-state index in [9.17, 15) is 14.0 Å². The second-order valence-corrected chi connectivity index (χ2v) is 9.27. The van der Waals surface area contributed by atoms with E-state index in [-0.39, 0.29) is 11.1 Å².